The molecule has 1 nitrogen and oxygen atoms in total. The van der Waals surface area contributed by atoms with Crippen LogP contribution in [0.25, 0.3) is 0 Å². The van der Waals surface area contributed by atoms with Gasteiger partial charge in [0.05, 0.1) is 0 Å². The van der Waals surface area contributed by atoms with E-state index in [4.69, 9.17) is 0 Å². The van der Waals surface area contributed by atoms with E-state index < -0.39 is 0 Å². The fourth-order valence-electron chi connectivity index (χ4n) is 1.79. The van der Waals surface area contributed by atoms with Crippen molar-refractivity contribution < 1.29 is 20.3 Å². The van der Waals surface area contributed by atoms with Crippen LogP contribution >= 0.6 is 0 Å². The first-order valence-electron chi connectivity index (χ1n) is 4.24. The first kappa shape index (κ1) is 14.1. The van der Waals surface area contributed by atoms with Gasteiger partial charge < -0.3 is 1.43 Å². The third-order valence-corrected chi connectivity index (χ3v) is 1.79. The Morgan fingerprint density at radius 3 is 0.909 bits per heavy atom. The predicted molar refractivity (Wildman–Crippen MR) is 48.4 cm³/mol. The third-order valence-electron chi connectivity index (χ3n) is 1.79. The van der Waals surface area contributed by atoms with Crippen LogP contribution in [0.3, 0.4) is 0 Å². The Kier molecular flexibility index (Phi) is 7.84. The van der Waals surface area contributed by atoms with Gasteiger partial charge in [0.2, 0.25) is 0 Å². The van der Waals surface area contributed by atoms with E-state index in [0.29, 0.717) is 18.1 Å². The van der Waals surface area contributed by atoms with Gasteiger partial charge in [-0.15, -0.1) is 0 Å². The van der Waals surface area contributed by atoms with E-state index in [1.165, 1.54) is 0 Å². The van der Waals surface area contributed by atoms with Gasteiger partial charge in [-0.05, 0) is 41.5 Å². The largest absolute Gasteiger partial charge is 1.00 e. The van der Waals surface area contributed by atoms with Crippen molar-refractivity contribution in [3.63, 3.8) is 0 Å². The zero-order chi connectivity index (χ0) is 8.31. The topological polar surface area (TPSA) is 3.24 Å². The second kappa shape index (κ2) is 6.12. The minimum Gasteiger partial charge on any atom is -1.00 e. The summed E-state index contributed by atoms with van der Waals surface area (Å²) < 4.78 is 0. The number of rotatable bonds is 3. The van der Waals surface area contributed by atoms with Crippen LogP contribution in [0.4, 0.5) is 0 Å². The van der Waals surface area contributed by atoms with Crippen LogP contribution in [0.1, 0.15) is 43.0 Å². The molecule has 0 heterocycles. The molecule has 2 heteroatoms. The van der Waals surface area contributed by atoms with Crippen molar-refractivity contribution in [3.05, 3.63) is 0 Å². The molecule has 64 valence electrons. The molecule has 0 unspecified atom stereocenters. The number of hydrogen-bond acceptors (Lipinski definition) is 1. The summed E-state index contributed by atoms with van der Waals surface area (Å²) in [4.78, 5) is 2.50. The number of nitrogens with zero attached hydrogens (tertiary/aromatic N) is 1. The van der Waals surface area contributed by atoms with Crippen molar-refractivity contribution >= 4 is 0 Å². The molecule has 0 aliphatic carbocycles. The molecule has 0 aliphatic heterocycles. The van der Waals surface area contributed by atoms with Crippen LogP contribution in [0, 0.1) is 0 Å². The van der Waals surface area contributed by atoms with E-state index in [9.17, 15) is 0 Å². The second-order valence-corrected chi connectivity index (χ2v) is 3.73. The third kappa shape index (κ3) is 4.90. The fraction of sp³-hybridized carbons (Fsp3) is 1.00. The molecule has 0 saturated carbocycles. The van der Waals surface area contributed by atoms with Gasteiger partial charge in [-0.3, -0.25) is 4.90 Å². The molecule has 0 radical (unpaired) electrons. The van der Waals surface area contributed by atoms with Crippen molar-refractivity contribution in [2.75, 3.05) is 0 Å². The fourth-order valence-corrected chi connectivity index (χ4v) is 1.79. The molecule has 0 bridgehead atoms. The standard InChI is InChI=1S/C9H21N.Li.H/c1-7(2)10(8(3)4)9(5)6;;/h7-9H,1-6H3;;/q;+1;-1. The van der Waals surface area contributed by atoms with Gasteiger partial charge in [0.1, 0.15) is 0 Å². The van der Waals surface area contributed by atoms with Gasteiger partial charge in [0.25, 0.3) is 0 Å². The Labute approximate surface area is 85.2 Å². The zero-order valence-corrected chi connectivity index (χ0v) is 9.18. The second-order valence-electron chi connectivity index (χ2n) is 3.73. The molecule has 0 aromatic heterocycles. The maximum Gasteiger partial charge on any atom is 1.00 e. The average molecular weight is 151 g/mol. The van der Waals surface area contributed by atoms with E-state index in [1.807, 2.05) is 0 Å². The van der Waals surface area contributed by atoms with Gasteiger partial charge >= 0.3 is 18.9 Å². The molecule has 0 spiro atoms. The van der Waals surface area contributed by atoms with Gasteiger partial charge in [-0.25, -0.2) is 0 Å². The Morgan fingerprint density at radius 2 is 0.909 bits per heavy atom. The van der Waals surface area contributed by atoms with Crippen LogP contribution in [0.15, 0.2) is 0 Å². The Bertz CT molecular complexity index is 75.5. The van der Waals surface area contributed by atoms with Crippen LogP contribution in [0.5, 0.6) is 0 Å². The summed E-state index contributed by atoms with van der Waals surface area (Å²) in [6.45, 7) is 13.5. The van der Waals surface area contributed by atoms with E-state index in [1.54, 1.807) is 0 Å². The van der Waals surface area contributed by atoms with Crippen LogP contribution in [0.2, 0.25) is 0 Å². The summed E-state index contributed by atoms with van der Waals surface area (Å²) >= 11 is 0. The molecule has 0 saturated heterocycles. The van der Waals surface area contributed by atoms with Gasteiger partial charge in [0, 0.05) is 18.1 Å². The quantitative estimate of drug-likeness (QED) is 0.497. The molecule has 0 rings (SSSR count). The molecule has 0 fully saturated rings. The van der Waals surface area contributed by atoms with E-state index in [-0.39, 0.29) is 20.3 Å². The SMILES string of the molecule is CC(C)N(C(C)C)C(C)C.[H-].[Li+]. The first-order chi connectivity index (χ1) is 4.46. The van der Waals surface area contributed by atoms with E-state index in [0.717, 1.165) is 0 Å². The predicted octanol–water partition coefficient (Wildman–Crippen LogP) is -0.370. The Hall–Kier alpha value is 0.557. The van der Waals surface area contributed by atoms with Crippen LogP contribution in [-0.2, 0) is 0 Å². The van der Waals surface area contributed by atoms with Gasteiger partial charge in [-0.2, -0.15) is 0 Å². The Balaban J connectivity index is -0.000000405. The summed E-state index contributed by atoms with van der Waals surface area (Å²) in [7, 11) is 0. The summed E-state index contributed by atoms with van der Waals surface area (Å²) in [5, 5.41) is 0. The van der Waals surface area contributed by atoms with E-state index in [2.05, 4.69) is 46.4 Å². The smallest absolute Gasteiger partial charge is 1.00 e. The normalized spacial score (nSPS) is 11.5. The summed E-state index contributed by atoms with van der Waals surface area (Å²) in [6.07, 6.45) is 0. The Morgan fingerprint density at radius 1 is 0.727 bits per heavy atom. The maximum absolute atomic E-state index is 2.50. The van der Waals surface area contributed by atoms with Crippen molar-refractivity contribution in [2.24, 2.45) is 0 Å². The van der Waals surface area contributed by atoms with Gasteiger partial charge in [0.15, 0.2) is 0 Å². The monoisotopic (exact) mass is 151 g/mol. The zero-order valence-electron chi connectivity index (χ0n) is 10.2. The summed E-state index contributed by atoms with van der Waals surface area (Å²) in [6, 6.07) is 2.00. The van der Waals surface area contributed by atoms with Gasteiger partial charge in [-0.1, -0.05) is 0 Å². The average Bonchev–Trinajstić information content (AvgIpc) is 1.59. The molecule has 11 heavy (non-hydrogen) atoms. The molecular formula is C9H22LiN. The maximum atomic E-state index is 2.50. The first-order valence-corrected chi connectivity index (χ1v) is 4.24. The molecule has 0 amide bonds. The molecule has 0 N–H and O–H groups in total. The summed E-state index contributed by atoms with van der Waals surface area (Å²) in [5.74, 6) is 0. The minimum absolute atomic E-state index is 0. The van der Waals surface area contributed by atoms with Crippen molar-refractivity contribution in [1.29, 1.82) is 0 Å². The van der Waals surface area contributed by atoms with Crippen molar-refractivity contribution in [1.82, 2.24) is 4.90 Å². The molecular weight excluding hydrogens is 129 g/mol. The van der Waals surface area contributed by atoms with Crippen molar-refractivity contribution in [2.45, 2.75) is 59.7 Å². The van der Waals surface area contributed by atoms with Crippen LogP contribution < -0.4 is 18.9 Å². The van der Waals surface area contributed by atoms with Crippen molar-refractivity contribution in [3.8, 4) is 0 Å². The molecule has 0 aromatic carbocycles. The summed E-state index contributed by atoms with van der Waals surface area (Å²) in [5.41, 5.74) is 0. The molecule has 0 aromatic rings. The molecule has 0 aliphatic rings. The van der Waals surface area contributed by atoms with E-state index >= 15 is 0 Å². The molecule has 0 atom stereocenters. The number of hydrogen-bond donors (Lipinski definition) is 0. The minimum atomic E-state index is 0. The van der Waals surface area contributed by atoms with Crippen LogP contribution in [-0.4, -0.2) is 23.0 Å².